The second-order valence-corrected chi connectivity index (χ2v) is 7.21. The van der Waals surface area contributed by atoms with Crippen LogP contribution in [0.25, 0.3) is 22.4 Å². The molecule has 156 valence electrons. The molecule has 0 saturated heterocycles. The average Bonchev–Trinajstić information content (AvgIpc) is 3.16. The molecule has 0 fully saturated rings. The average molecular weight is 409 g/mol. The standard InChI is InChI=1S/C22H23N3O5/c1-13(2)11-23-22(28)25-20(26)12-29-21(27)16-10-18(19-9-8-14(3)30-19)24-17-7-5-4-6-15(16)17/h4-10,13H,11-12H2,1-3H3,(H2,23,25,26,28). The molecule has 0 saturated carbocycles. The zero-order chi connectivity index (χ0) is 21.7. The van der Waals surface area contributed by atoms with Crippen LogP contribution in [0.4, 0.5) is 4.79 Å². The van der Waals surface area contributed by atoms with Crippen LogP contribution in [0.1, 0.15) is 30.0 Å². The molecule has 0 aliphatic rings. The molecule has 3 rings (SSSR count). The van der Waals surface area contributed by atoms with Gasteiger partial charge in [-0.2, -0.15) is 0 Å². The fraction of sp³-hybridized carbons (Fsp3) is 0.273. The minimum atomic E-state index is -0.718. The van der Waals surface area contributed by atoms with Gasteiger partial charge in [0.05, 0.1) is 11.1 Å². The van der Waals surface area contributed by atoms with E-state index in [1.165, 1.54) is 0 Å². The van der Waals surface area contributed by atoms with Crippen LogP contribution >= 0.6 is 0 Å². The first kappa shape index (κ1) is 21.0. The van der Waals surface area contributed by atoms with Crippen molar-refractivity contribution in [3.63, 3.8) is 0 Å². The molecule has 8 nitrogen and oxygen atoms in total. The Bertz CT molecular complexity index is 1090. The van der Waals surface area contributed by atoms with Crippen LogP contribution in [0.5, 0.6) is 0 Å². The van der Waals surface area contributed by atoms with Gasteiger partial charge in [0.2, 0.25) is 0 Å². The molecule has 8 heteroatoms. The van der Waals surface area contributed by atoms with Crippen molar-refractivity contribution in [1.82, 2.24) is 15.6 Å². The number of aromatic nitrogens is 1. The van der Waals surface area contributed by atoms with E-state index in [1.54, 1.807) is 36.4 Å². The zero-order valence-electron chi connectivity index (χ0n) is 17.0. The van der Waals surface area contributed by atoms with Crippen LogP contribution in [-0.4, -0.2) is 36.0 Å². The Labute approximate surface area is 173 Å². The van der Waals surface area contributed by atoms with Crippen LogP contribution in [0, 0.1) is 12.8 Å². The third kappa shape index (κ3) is 5.22. The number of hydrogen-bond acceptors (Lipinski definition) is 6. The molecule has 1 aromatic carbocycles. The van der Waals surface area contributed by atoms with Gasteiger partial charge in [-0.05, 0) is 37.1 Å². The molecule has 2 heterocycles. The van der Waals surface area contributed by atoms with E-state index in [-0.39, 0.29) is 11.5 Å². The molecule has 3 amide bonds. The fourth-order valence-corrected chi connectivity index (χ4v) is 2.76. The molecular formula is C22H23N3O5. The number of para-hydroxylation sites is 1. The topological polar surface area (TPSA) is 111 Å². The Morgan fingerprint density at radius 2 is 1.90 bits per heavy atom. The van der Waals surface area contributed by atoms with E-state index in [9.17, 15) is 14.4 Å². The molecule has 2 N–H and O–H groups in total. The highest BCUT2D eigenvalue weighted by molar-refractivity contribution is 6.05. The Balaban J connectivity index is 1.74. The smallest absolute Gasteiger partial charge is 0.339 e. The lowest BCUT2D eigenvalue weighted by atomic mass is 10.1. The van der Waals surface area contributed by atoms with Gasteiger partial charge in [-0.25, -0.2) is 14.6 Å². The van der Waals surface area contributed by atoms with Crippen molar-refractivity contribution in [2.45, 2.75) is 20.8 Å². The van der Waals surface area contributed by atoms with Gasteiger partial charge in [-0.3, -0.25) is 10.1 Å². The molecule has 2 aromatic heterocycles. The lowest BCUT2D eigenvalue weighted by Gasteiger charge is -2.10. The van der Waals surface area contributed by atoms with Crippen LogP contribution in [0.3, 0.4) is 0 Å². The monoisotopic (exact) mass is 409 g/mol. The zero-order valence-corrected chi connectivity index (χ0v) is 17.0. The predicted octanol–water partition coefficient (Wildman–Crippen LogP) is 3.44. The molecule has 30 heavy (non-hydrogen) atoms. The first-order valence-electron chi connectivity index (χ1n) is 9.55. The summed E-state index contributed by atoms with van der Waals surface area (Å²) in [6.45, 7) is 5.52. The summed E-state index contributed by atoms with van der Waals surface area (Å²) >= 11 is 0. The van der Waals surface area contributed by atoms with Gasteiger partial charge in [0.1, 0.15) is 11.5 Å². The van der Waals surface area contributed by atoms with Crippen molar-refractivity contribution in [1.29, 1.82) is 0 Å². The number of benzene rings is 1. The molecule has 3 aromatic rings. The first-order chi connectivity index (χ1) is 14.3. The highest BCUT2D eigenvalue weighted by atomic mass is 16.5. The van der Waals surface area contributed by atoms with Crippen molar-refractivity contribution < 1.29 is 23.5 Å². The van der Waals surface area contributed by atoms with E-state index in [2.05, 4.69) is 15.6 Å². The van der Waals surface area contributed by atoms with Crippen LogP contribution in [-0.2, 0) is 9.53 Å². The van der Waals surface area contributed by atoms with Crippen LogP contribution in [0.15, 0.2) is 46.9 Å². The summed E-state index contributed by atoms with van der Waals surface area (Å²) in [4.78, 5) is 40.8. The Kier molecular flexibility index (Phi) is 6.46. The quantitative estimate of drug-likeness (QED) is 0.604. The number of fused-ring (bicyclic) bond motifs is 1. The number of urea groups is 1. The molecule has 0 atom stereocenters. The molecule has 0 unspecified atom stereocenters. The number of rotatable bonds is 6. The maximum absolute atomic E-state index is 12.7. The van der Waals surface area contributed by atoms with Gasteiger partial charge in [0.15, 0.2) is 12.4 Å². The van der Waals surface area contributed by atoms with Crippen molar-refractivity contribution in [2.24, 2.45) is 5.92 Å². The fourth-order valence-electron chi connectivity index (χ4n) is 2.76. The van der Waals surface area contributed by atoms with Gasteiger partial charge in [-0.15, -0.1) is 0 Å². The number of carbonyl (C=O) groups excluding carboxylic acids is 3. The van der Waals surface area contributed by atoms with E-state index < -0.39 is 24.5 Å². The third-order valence-electron chi connectivity index (χ3n) is 4.19. The normalized spacial score (nSPS) is 10.8. The molecule has 0 spiro atoms. The van der Waals surface area contributed by atoms with Gasteiger partial charge in [-0.1, -0.05) is 32.0 Å². The third-order valence-corrected chi connectivity index (χ3v) is 4.19. The lowest BCUT2D eigenvalue weighted by Crippen LogP contribution is -2.42. The van der Waals surface area contributed by atoms with Crippen molar-refractivity contribution >= 4 is 28.8 Å². The van der Waals surface area contributed by atoms with Crippen LogP contribution < -0.4 is 10.6 Å². The molecular weight excluding hydrogens is 386 g/mol. The largest absolute Gasteiger partial charge is 0.460 e. The number of aryl methyl sites for hydroxylation is 1. The number of amides is 3. The number of esters is 1. The summed E-state index contributed by atoms with van der Waals surface area (Å²) in [5.41, 5.74) is 1.32. The number of carbonyl (C=O) groups is 3. The van der Waals surface area contributed by atoms with Crippen molar-refractivity contribution in [3.8, 4) is 11.5 Å². The van der Waals surface area contributed by atoms with Crippen molar-refractivity contribution in [2.75, 3.05) is 13.2 Å². The summed E-state index contributed by atoms with van der Waals surface area (Å²) in [5, 5.41) is 5.27. The number of imide groups is 1. The summed E-state index contributed by atoms with van der Waals surface area (Å²) < 4.78 is 10.7. The lowest BCUT2D eigenvalue weighted by molar-refractivity contribution is -0.123. The van der Waals surface area contributed by atoms with E-state index in [0.717, 1.165) is 5.76 Å². The maximum atomic E-state index is 12.7. The number of pyridine rings is 1. The highest BCUT2D eigenvalue weighted by Gasteiger charge is 2.18. The summed E-state index contributed by atoms with van der Waals surface area (Å²) in [6, 6.07) is 11.6. The van der Waals surface area contributed by atoms with E-state index in [0.29, 0.717) is 28.9 Å². The number of ether oxygens (including phenoxy) is 1. The van der Waals surface area contributed by atoms with Gasteiger partial charge < -0.3 is 14.5 Å². The van der Waals surface area contributed by atoms with Gasteiger partial charge in [0, 0.05) is 11.9 Å². The van der Waals surface area contributed by atoms with E-state index in [4.69, 9.17) is 9.15 Å². The van der Waals surface area contributed by atoms with Gasteiger partial charge >= 0.3 is 12.0 Å². The second kappa shape index (κ2) is 9.21. The second-order valence-electron chi connectivity index (χ2n) is 7.21. The van der Waals surface area contributed by atoms with Crippen molar-refractivity contribution in [3.05, 3.63) is 53.8 Å². The van der Waals surface area contributed by atoms with E-state index in [1.807, 2.05) is 26.8 Å². The molecule has 0 radical (unpaired) electrons. The molecule has 0 aliphatic carbocycles. The number of hydrogen-bond donors (Lipinski definition) is 2. The maximum Gasteiger partial charge on any atom is 0.339 e. The summed E-state index contributed by atoms with van der Waals surface area (Å²) in [6.07, 6.45) is 0. The van der Waals surface area contributed by atoms with Gasteiger partial charge in [0.25, 0.3) is 5.91 Å². The predicted molar refractivity (Wildman–Crippen MR) is 111 cm³/mol. The SMILES string of the molecule is Cc1ccc(-c2cc(C(=O)OCC(=O)NC(=O)NCC(C)C)c3ccccc3n2)o1. The molecule has 0 aliphatic heterocycles. The Morgan fingerprint density at radius 3 is 2.60 bits per heavy atom. The number of nitrogens with zero attached hydrogens (tertiary/aromatic N) is 1. The number of furan rings is 1. The summed E-state index contributed by atoms with van der Waals surface area (Å²) in [7, 11) is 0. The first-order valence-corrected chi connectivity index (χ1v) is 9.55. The highest BCUT2D eigenvalue weighted by Crippen LogP contribution is 2.26. The molecule has 0 bridgehead atoms. The summed E-state index contributed by atoms with van der Waals surface area (Å²) in [5.74, 6) is 0.0693. The minimum Gasteiger partial charge on any atom is -0.460 e. The van der Waals surface area contributed by atoms with Crippen LogP contribution in [0.2, 0.25) is 0 Å². The minimum absolute atomic E-state index is 0.246. The Morgan fingerprint density at radius 1 is 1.13 bits per heavy atom. The number of nitrogens with one attached hydrogen (secondary N) is 2. The van der Waals surface area contributed by atoms with E-state index >= 15 is 0 Å². The Hall–Kier alpha value is -3.68.